The third-order valence-electron chi connectivity index (χ3n) is 8.58. The molecule has 3 amide bonds. The number of benzene rings is 3. The number of hydrogen-bond donors (Lipinski definition) is 2. The van der Waals surface area contributed by atoms with E-state index in [9.17, 15) is 19.5 Å². The Labute approximate surface area is 262 Å². The number of carbonyl (C=O) groups excluding carboxylic acids is 3. The lowest BCUT2D eigenvalue weighted by atomic mass is 9.99. The highest BCUT2D eigenvalue weighted by Crippen LogP contribution is 2.39. The molecular weight excluding hydrogens is 574 g/mol. The van der Waals surface area contributed by atoms with Crippen LogP contribution in [0.4, 0.5) is 10.5 Å². The SMILES string of the molecule is O=C(NC1CC(=O)N(c2cccc([C@@H]3O[C@H](CN4CCCCC4)C[C@H](c4ccc(CO)cc4)O3)c2)C1=O)OCc1ccccc1. The molecule has 3 heterocycles. The molecule has 45 heavy (non-hydrogen) atoms. The van der Waals surface area contributed by atoms with Gasteiger partial charge in [0.1, 0.15) is 12.6 Å². The average Bonchev–Trinajstić information content (AvgIpc) is 3.36. The summed E-state index contributed by atoms with van der Waals surface area (Å²) in [6.45, 7) is 2.92. The van der Waals surface area contributed by atoms with Gasteiger partial charge in [-0.25, -0.2) is 9.69 Å². The van der Waals surface area contributed by atoms with E-state index in [0.717, 1.165) is 41.2 Å². The molecule has 236 valence electrons. The lowest BCUT2D eigenvalue weighted by molar-refractivity contribution is -0.253. The van der Waals surface area contributed by atoms with Crippen molar-refractivity contribution in [1.29, 1.82) is 0 Å². The number of nitrogens with one attached hydrogen (secondary N) is 1. The first-order valence-corrected chi connectivity index (χ1v) is 15.6. The fourth-order valence-electron chi connectivity index (χ4n) is 6.20. The molecule has 10 heteroatoms. The first-order chi connectivity index (χ1) is 22.0. The minimum atomic E-state index is -1.02. The Morgan fingerprint density at radius 1 is 0.889 bits per heavy atom. The highest BCUT2D eigenvalue weighted by atomic mass is 16.7. The average molecular weight is 614 g/mol. The van der Waals surface area contributed by atoms with Crippen LogP contribution in [0.3, 0.4) is 0 Å². The van der Waals surface area contributed by atoms with Gasteiger partial charge in [0.25, 0.3) is 5.91 Å². The van der Waals surface area contributed by atoms with Crippen molar-refractivity contribution in [2.75, 3.05) is 24.5 Å². The van der Waals surface area contributed by atoms with E-state index in [2.05, 4.69) is 10.2 Å². The van der Waals surface area contributed by atoms with Gasteiger partial charge < -0.3 is 29.5 Å². The number of piperidine rings is 1. The number of carbonyl (C=O) groups is 3. The van der Waals surface area contributed by atoms with Crippen LogP contribution in [0, 0.1) is 0 Å². The van der Waals surface area contributed by atoms with Gasteiger partial charge in [-0.1, -0.05) is 73.2 Å². The van der Waals surface area contributed by atoms with Gasteiger partial charge in [0.05, 0.1) is 30.9 Å². The zero-order valence-corrected chi connectivity index (χ0v) is 25.2. The number of ether oxygens (including phenoxy) is 3. The van der Waals surface area contributed by atoms with Crippen LogP contribution in [0.2, 0.25) is 0 Å². The summed E-state index contributed by atoms with van der Waals surface area (Å²) in [7, 11) is 0. The summed E-state index contributed by atoms with van der Waals surface area (Å²) in [4.78, 5) is 42.3. The van der Waals surface area contributed by atoms with E-state index in [1.165, 1.54) is 19.3 Å². The number of alkyl carbamates (subject to hydrolysis) is 1. The van der Waals surface area contributed by atoms with Crippen LogP contribution in [-0.2, 0) is 37.0 Å². The van der Waals surface area contributed by atoms with Gasteiger partial charge >= 0.3 is 6.09 Å². The van der Waals surface area contributed by atoms with Crippen molar-refractivity contribution in [1.82, 2.24) is 10.2 Å². The predicted octanol–water partition coefficient (Wildman–Crippen LogP) is 4.77. The van der Waals surface area contributed by atoms with Crippen molar-refractivity contribution >= 4 is 23.6 Å². The molecule has 3 fully saturated rings. The predicted molar refractivity (Wildman–Crippen MR) is 166 cm³/mol. The minimum Gasteiger partial charge on any atom is -0.445 e. The molecule has 0 aliphatic carbocycles. The molecule has 6 rings (SSSR count). The molecule has 2 N–H and O–H groups in total. The highest BCUT2D eigenvalue weighted by molar-refractivity contribution is 6.22. The monoisotopic (exact) mass is 613 g/mol. The zero-order chi connectivity index (χ0) is 31.2. The number of hydrogen-bond acceptors (Lipinski definition) is 8. The molecule has 3 aliphatic heterocycles. The first kappa shape index (κ1) is 30.9. The lowest BCUT2D eigenvalue weighted by Gasteiger charge is -2.39. The van der Waals surface area contributed by atoms with E-state index in [1.54, 1.807) is 18.2 Å². The van der Waals surface area contributed by atoms with Crippen molar-refractivity contribution in [2.45, 2.75) is 69.9 Å². The summed E-state index contributed by atoms with van der Waals surface area (Å²) in [5, 5.41) is 12.0. The Balaban J connectivity index is 1.16. The number of anilines is 1. The summed E-state index contributed by atoms with van der Waals surface area (Å²) in [5.41, 5.74) is 3.72. The van der Waals surface area contributed by atoms with E-state index in [1.807, 2.05) is 60.7 Å². The maximum absolute atomic E-state index is 13.3. The second-order valence-electron chi connectivity index (χ2n) is 11.8. The number of imide groups is 1. The molecule has 1 unspecified atom stereocenters. The van der Waals surface area contributed by atoms with Crippen molar-refractivity contribution in [3.05, 3.63) is 101 Å². The Hall–Kier alpha value is -4.09. The Kier molecular flexibility index (Phi) is 9.85. The van der Waals surface area contributed by atoms with Crippen LogP contribution < -0.4 is 10.2 Å². The molecule has 0 radical (unpaired) electrons. The molecule has 3 aromatic rings. The van der Waals surface area contributed by atoms with Gasteiger partial charge in [-0.3, -0.25) is 9.59 Å². The van der Waals surface area contributed by atoms with Gasteiger partial charge in [-0.15, -0.1) is 0 Å². The van der Waals surface area contributed by atoms with Crippen molar-refractivity contribution in [2.24, 2.45) is 0 Å². The van der Waals surface area contributed by atoms with Gasteiger partial charge in [-0.2, -0.15) is 0 Å². The summed E-state index contributed by atoms with van der Waals surface area (Å²) in [6, 6.07) is 23.0. The maximum Gasteiger partial charge on any atom is 0.408 e. The summed E-state index contributed by atoms with van der Waals surface area (Å²) in [6.07, 6.45) is 2.33. The molecule has 3 aliphatic rings. The van der Waals surface area contributed by atoms with Gasteiger partial charge in [0.2, 0.25) is 5.91 Å². The smallest absolute Gasteiger partial charge is 0.408 e. The van der Waals surface area contributed by atoms with Gasteiger partial charge in [0, 0.05) is 18.5 Å². The fourth-order valence-corrected chi connectivity index (χ4v) is 6.20. The van der Waals surface area contributed by atoms with Gasteiger partial charge in [0.15, 0.2) is 6.29 Å². The number of amides is 3. The number of rotatable bonds is 9. The van der Waals surface area contributed by atoms with E-state index < -0.39 is 30.2 Å². The molecular formula is C35H39N3O7. The Bertz CT molecular complexity index is 1480. The number of aliphatic hydroxyl groups excluding tert-OH is 1. The van der Waals surface area contributed by atoms with Crippen LogP contribution in [0.15, 0.2) is 78.9 Å². The second kappa shape index (κ2) is 14.3. The van der Waals surface area contributed by atoms with E-state index in [-0.39, 0.29) is 31.8 Å². The Morgan fingerprint density at radius 3 is 2.42 bits per heavy atom. The molecule has 0 saturated carbocycles. The largest absolute Gasteiger partial charge is 0.445 e. The van der Waals surface area contributed by atoms with E-state index in [4.69, 9.17) is 14.2 Å². The lowest BCUT2D eigenvalue weighted by Crippen LogP contribution is -2.42. The zero-order valence-electron chi connectivity index (χ0n) is 25.2. The highest BCUT2D eigenvalue weighted by Gasteiger charge is 2.41. The van der Waals surface area contributed by atoms with Gasteiger partial charge in [-0.05, 0) is 54.8 Å². The summed E-state index contributed by atoms with van der Waals surface area (Å²) < 4.78 is 18.3. The van der Waals surface area contributed by atoms with Crippen molar-refractivity contribution < 1.29 is 33.7 Å². The number of nitrogens with zero attached hydrogens (tertiary/aromatic N) is 2. The standard InChI is InChI=1S/C35H39N3O7/c39-22-24-12-14-26(15-13-24)31-19-29(21-37-16-5-2-6-17-37)44-34(45-31)27-10-7-11-28(18-27)38-32(40)20-30(33(38)41)36-35(42)43-23-25-8-3-1-4-9-25/h1,3-4,7-15,18,29-31,34,39H,2,5-6,16-17,19-23H2,(H,36,42)/t29-,30?,31+,34+/m0/s1. The summed E-state index contributed by atoms with van der Waals surface area (Å²) in [5.74, 6) is -0.940. The third kappa shape index (κ3) is 7.59. The van der Waals surface area contributed by atoms with Crippen LogP contribution in [0.1, 0.15) is 66.8 Å². The molecule has 0 bridgehead atoms. The molecule has 0 aromatic heterocycles. The maximum atomic E-state index is 13.3. The number of aliphatic hydroxyl groups is 1. The van der Waals surface area contributed by atoms with Crippen molar-refractivity contribution in [3.63, 3.8) is 0 Å². The Morgan fingerprint density at radius 2 is 1.67 bits per heavy atom. The quantitative estimate of drug-likeness (QED) is 0.332. The minimum absolute atomic E-state index is 0.0267. The fraction of sp³-hybridized carbons (Fsp3) is 0.400. The molecule has 3 aromatic carbocycles. The third-order valence-corrected chi connectivity index (χ3v) is 8.58. The topological polar surface area (TPSA) is 118 Å². The first-order valence-electron chi connectivity index (χ1n) is 15.6. The van der Waals surface area contributed by atoms with E-state index in [0.29, 0.717) is 17.7 Å². The second-order valence-corrected chi connectivity index (χ2v) is 11.8. The van der Waals surface area contributed by atoms with Crippen LogP contribution in [-0.4, -0.2) is 59.7 Å². The van der Waals surface area contributed by atoms with Crippen molar-refractivity contribution in [3.8, 4) is 0 Å². The number of likely N-dealkylation sites (tertiary alicyclic amines) is 1. The molecule has 0 spiro atoms. The molecule has 4 atom stereocenters. The van der Waals surface area contributed by atoms with E-state index >= 15 is 0 Å². The summed E-state index contributed by atoms with van der Waals surface area (Å²) >= 11 is 0. The normalized spacial score (nSPS) is 24.1. The molecule has 3 saturated heterocycles. The van der Waals surface area contributed by atoms with Crippen LogP contribution >= 0.6 is 0 Å². The van der Waals surface area contributed by atoms with Crippen LogP contribution in [0.25, 0.3) is 0 Å². The van der Waals surface area contributed by atoms with Crippen LogP contribution in [0.5, 0.6) is 0 Å². The molecule has 10 nitrogen and oxygen atoms in total.